The first kappa shape index (κ1) is 32.1. The molecule has 1 heterocycles. The van der Waals surface area contributed by atoms with Crippen molar-refractivity contribution in [2.24, 2.45) is 0 Å². The van der Waals surface area contributed by atoms with Crippen LogP contribution in [-0.2, 0) is 47.5 Å². The van der Waals surface area contributed by atoms with Gasteiger partial charge in [0.05, 0.1) is 85.9 Å². The van der Waals surface area contributed by atoms with E-state index in [-0.39, 0.29) is 18.9 Å². The van der Waals surface area contributed by atoms with E-state index in [1.165, 1.54) is 12.2 Å². The molecule has 0 aromatic heterocycles. The Kier molecular flexibility index (Phi) is 20.9. The molecule has 0 unspecified atom stereocenters. The molecule has 12 nitrogen and oxygen atoms in total. The lowest BCUT2D eigenvalue weighted by atomic mass is 10.3. The largest absolute Gasteiger partial charge is 0.379 e. The predicted octanol–water partition coefficient (Wildman–Crippen LogP) is -0.0561. The van der Waals surface area contributed by atoms with Gasteiger partial charge in [0, 0.05) is 38.3 Å². The lowest BCUT2D eigenvalue weighted by molar-refractivity contribution is -0.137. The summed E-state index contributed by atoms with van der Waals surface area (Å²) in [7, 11) is 0. The van der Waals surface area contributed by atoms with Crippen LogP contribution in [0.5, 0.6) is 0 Å². The highest BCUT2D eigenvalue weighted by molar-refractivity contribution is 6.13. The Hall–Kier alpha value is -1.93. The van der Waals surface area contributed by atoms with Crippen LogP contribution >= 0.6 is 0 Å². The van der Waals surface area contributed by atoms with Crippen LogP contribution in [0.1, 0.15) is 19.8 Å². The Morgan fingerprint density at radius 2 is 1.00 bits per heavy atom. The van der Waals surface area contributed by atoms with Gasteiger partial charge in [-0.3, -0.25) is 19.3 Å². The Bertz CT molecular complexity index is 600. The fourth-order valence-electron chi connectivity index (χ4n) is 2.78. The summed E-state index contributed by atoms with van der Waals surface area (Å²) in [5.74, 6) is -1.03. The quantitative estimate of drug-likeness (QED) is 0.123. The van der Waals surface area contributed by atoms with Gasteiger partial charge in [0.15, 0.2) is 0 Å². The van der Waals surface area contributed by atoms with Crippen LogP contribution in [0.3, 0.4) is 0 Å². The molecule has 0 aromatic rings. The number of nitrogens with one attached hydrogen (secondary N) is 1. The van der Waals surface area contributed by atoms with Gasteiger partial charge in [-0.2, -0.15) is 0 Å². The Morgan fingerprint density at radius 3 is 1.39 bits per heavy atom. The zero-order valence-electron chi connectivity index (χ0n) is 21.4. The maximum absolute atomic E-state index is 11.7. The van der Waals surface area contributed by atoms with E-state index < -0.39 is 11.8 Å². The molecule has 0 saturated carbocycles. The summed E-state index contributed by atoms with van der Waals surface area (Å²) in [6.07, 6.45) is 3.47. The van der Waals surface area contributed by atoms with E-state index in [1.807, 2.05) is 0 Å². The van der Waals surface area contributed by atoms with Crippen LogP contribution in [0.25, 0.3) is 0 Å². The van der Waals surface area contributed by atoms with Crippen LogP contribution in [0.2, 0.25) is 0 Å². The molecule has 0 aromatic carbocycles. The molecule has 1 N–H and O–H groups in total. The summed E-state index contributed by atoms with van der Waals surface area (Å²) in [6.45, 7) is 9.62. The third-order valence-corrected chi connectivity index (χ3v) is 4.61. The minimum absolute atomic E-state index is 0.0618. The third-order valence-electron chi connectivity index (χ3n) is 4.61. The van der Waals surface area contributed by atoms with E-state index in [9.17, 15) is 14.4 Å². The zero-order chi connectivity index (χ0) is 26.1. The number of ether oxygens (including phenoxy) is 7. The number of amides is 3. The second-order valence-corrected chi connectivity index (χ2v) is 7.55. The zero-order valence-corrected chi connectivity index (χ0v) is 21.4. The van der Waals surface area contributed by atoms with Crippen molar-refractivity contribution in [3.63, 3.8) is 0 Å². The molecule has 1 rings (SSSR count). The SMILES string of the molecule is CCCOCCOCCOCCOCCOCCOCCOCCNC(=O)CCN1C(=O)C=CC1=O. The molecule has 0 aliphatic carbocycles. The average Bonchev–Trinajstić information content (AvgIpc) is 3.20. The topological polar surface area (TPSA) is 131 Å². The highest BCUT2D eigenvalue weighted by Crippen LogP contribution is 2.03. The minimum atomic E-state index is -0.391. The summed E-state index contributed by atoms with van der Waals surface area (Å²) in [6, 6.07) is 0. The summed E-state index contributed by atoms with van der Waals surface area (Å²) < 4.78 is 37.7. The molecule has 3 amide bonds. The molecule has 0 saturated heterocycles. The van der Waals surface area contributed by atoms with Gasteiger partial charge in [0.25, 0.3) is 11.8 Å². The van der Waals surface area contributed by atoms with Crippen molar-refractivity contribution in [1.82, 2.24) is 10.2 Å². The second kappa shape index (κ2) is 23.5. The van der Waals surface area contributed by atoms with Crippen LogP contribution in [0.15, 0.2) is 12.2 Å². The van der Waals surface area contributed by atoms with Crippen LogP contribution in [0.4, 0.5) is 0 Å². The molecular weight excluding hydrogens is 476 g/mol. The van der Waals surface area contributed by atoms with Gasteiger partial charge in [-0.15, -0.1) is 0 Å². The number of carbonyl (C=O) groups excluding carboxylic acids is 3. The number of rotatable bonds is 26. The van der Waals surface area contributed by atoms with Crippen molar-refractivity contribution in [2.45, 2.75) is 19.8 Å². The summed E-state index contributed by atoms with van der Waals surface area (Å²) >= 11 is 0. The van der Waals surface area contributed by atoms with E-state index in [0.717, 1.165) is 17.9 Å². The minimum Gasteiger partial charge on any atom is -0.379 e. The van der Waals surface area contributed by atoms with Gasteiger partial charge in [0.2, 0.25) is 5.91 Å². The molecule has 36 heavy (non-hydrogen) atoms. The predicted molar refractivity (Wildman–Crippen MR) is 130 cm³/mol. The summed E-state index contributed by atoms with van der Waals surface area (Å²) in [4.78, 5) is 35.6. The first-order valence-corrected chi connectivity index (χ1v) is 12.5. The smallest absolute Gasteiger partial charge is 0.253 e. The third kappa shape index (κ3) is 18.4. The molecule has 0 spiro atoms. The Morgan fingerprint density at radius 1 is 0.639 bits per heavy atom. The van der Waals surface area contributed by atoms with E-state index in [2.05, 4.69) is 12.2 Å². The van der Waals surface area contributed by atoms with Crippen molar-refractivity contribution < 1.29 is 47.5 Å². The molecule has 1 aliphatic heterocycles. The van der Waals surface area contributed by atoms with Crippen LogP contribution in [-0.4, -0.2) is 128 Å². The maximum Gasteiger partial charge on any atom is 0.253 e. The van der Waals surface area contributed by atoms with E-state index in [4.69, 9.17) is 33.2 Å². The van der Waals surface area contributed by atoms with Crippen molar-refractivity contribution in [1.29, 1.82) is 0 Å². The summed E-state index contributed by atoms with van der Waals surface area (Å²) in [5, 5.41) is 2.67. The normalized spacial score (nSPS) is 13.2. The highest BCUT2D eigenvalue weighted by atomic mass is 16.6. The van der Waals surface area contributed by atoms with E-state index in [1.54, 1.807) is 0 Å². The molecule has 208 valence electrons. The standard InChI is InChI=1S/C24H42N2O10/c1-2-8-30-10-12-32-14-16-34-18-20-36-21-19-35-17-15-33-13-11-31-9-6-25-22(27)5-7-26-23(28)3-4-24(26)29/h3-4H,2,5-21H2,1H3,(H,25,27). The van der Waals surface area contributed by atoms with Crippen LogP contribution < -0.4 is 5.32 Å². The monoisotopic (exact) mass is 518 g/mol. The molecule has 0 bridgehead atoms. The molecular formula is C24H42N2O10. The number of carbonyl (C=O) groups is 3. The fourth-order valence-corrected chi connectivity index (χ4v) is 2.78. The lowest BCUT2D eigenvalue weighted by Crippen LogP contribution is -2.35. The van der Waals surface area contributed by atoms with Gasteiger partial charge in [-0.1, -0.05) is 6.92 Å². The molecule has 0 radical (unpaired) electrons. The Balaban J connectivity index is 1.70. The Labute approximate surface area is 213 Å². The van der Waals surface area contributed by atoms with Gasteiger partial charge < -0.3 is 38.5 Å². The van der Waals surface area contributed by atoms with E-state index in [0.29, 0.717) is 92.4 Å². The van der Waals surface area contributed by atoms with Crippen molar-refractivity contribution in [3.05, 3.63) is 12.2 Å². The molecule has 12 heteroatoms. The van der Waals surface area contributed by atoms with Crippen molar-refractivity contribution >= 4 is 17.7 Å². The highest BCUT2D eigenvalue weighted by Gasteiger charge is 2.23. The average molecular weight is 519 g/mol. The lowest BCUT2D eigenvalue weighted by Gasteiger charge is -2.13. The molecule has 1 aliphatic rings. The van der Waals surface area contributed by atoms with Crippen LogP contribution in [0, 0.1) is 0 Å². The number of hydrogen-bond donors (Lipinski definition) is 1. The number of hydrogen-bond acceptors (Lipinski definition) is 10. The summed E-state index contributed by atoms with van der Waals surface area (Å²) in [5.41, 5.74) is 0. The van der Waals surface area contributed by atoms with E-state index >= 15 is 0 Å². The van der Waals surface area contributed by atoms with Crippen molar-refractivity contribution in [2.75, 3.05) is 106 Å². The van der Waals surface area contributed by atoms with Gasteiger partial charge in [-0.25, -0.2) is 0 Å². The second-order valence-electron chi connectivity index (χ2n) is 7.55. The number of nitrogens with zero attached hydrogens (tertiary/aromatic N) is 1. The van der Waals surface area contributed by atoms with Crippen molar-refractivity contribution in [3.8, 4) is 0 Å². The first-order valence-electron chi connectivity index (χ1n) is 12.5. The number of imide groups is 1. The fraction of sp³-hybridized carbons (Fsp3) is 0.792. The van der Waals surface area contributed by atoms with Gasteiger partial charge >= 0.3 is 0 Å². The maximum atomic E-state index is 11.7. The van der Waals surface area contributed by atoms with Gasteiger partial charge in [-0.05, 0) is 6.42 Å². The molecule has 0 atom stereocenters. The first-order chi connectivity index (χ1) is 17.6. The van der Waals surface area contributed by atoms with Gasteiger partial charge in [0.1, 0.15) is 0 Å². The molecule has 0 fully saturated rings.